The summed E-state index contributed by atoms with van der Waals surface area (Å²) < 4.78 is 23.7. The number of ketones is 1. The predicted molar refractivity (Wildman–Crippen MR) is 146 cm³/mol. The number of aryl methyl sites for hydroxylation is 1. The highest BCUT2D eigenvalue weighted by Gasteiger charge is 2.35. The number of fused-ring (bicyclic) bond motifs is 1. The zero-order valence-electron chi connectivity index (χ0n) is 22.4. The van der Waals surface area contributed by atoms with Crippen LogP contribution in [0.1, 0.15) is 83.5 Å². The number of benzene rings is 2. The molecule has 0 radical (unpaired) electrons. The van der Waals surface area contributed by atoms with Crippen LogP contribution in [-0.2, 0) is 17.8 Å². The Morgan fingerprint density at radius 3 is 2.63 bits per heavy atom. The molecule has 3 aromatic rings. The number of nitrogens with two attached hydrogens (primary N) is 1. The third-order valence-corrected chi connectivity index (χ3v) is 7.81. The van der Waals surface area contributed by atoms with E-state index in [-0.39, 0.29) is 28.9 Å². The van der Waals surface area contributed by atoms with Crippen LogP contribution in [0.15, 0.2) is 48.7 Å². The van der Waals surface area contributed by atoms with Crippen LogP contribution in [-0.4, -0.2) is 28.4 Å². The van der Waals surface area contributed by atoms with Gasteiger partial charge >= 0.3 is 0 Å². The zero-order chi connectivity index (χ0) is 27.0. The van der Waals surface area contributed by atoms with E-state index in [1.54, 1.807) is 6.07 Å². The number of anilines is 1. The van der Waals surface area contributed by atoms with E-state index in [2.05, 4.69) is 19.2 Å². The first kappa shape index (κ1) is 26.2. The molecule has 1 fully saturated rings. The van der Waals surface area contributed by atoms with E-state index in [9.17, 15) is 9.59 Å². The topological polar surface area (TPSA) is 86.3 Å². The van der Waals surface area contributed by atoms with Crippen molar-refractivity contribution in [2.24, 2.45) is 11.1 Å². The van der Waals surface area contributed by atoms with Gasteiger partial charge in [0.15, 0.2) is 5.78 Å². The van der Waals surface area contributed by atoms with Crippen LogP contribution in [0.2, 0.25) is 0 Å². The van der Waals surface area contributed by atoms with Crippen LogP contribution in [0.5, 0.6) is 0 Å². The largest absolute Gasteiger partial charge is 0.379 e. The number of primary amides is 1. The monoisotopic (exact) mass is 517 g/mol. The number of halogens is 1. The van der Waals surface area contributed by atoms with Gasteiger partial charge in [-0.3, -0.25) is 9.59 Å². The van der Waals surface area contributed by atoms with Crippen molar-refractivity contribution in [3.8, 4) is 5.69 Å². The first-order valence-corrected chi connectivity index (χ1v) is 13.4. The molecule has 2 atom stereocenters. The van der Waals surface area contributed by atoms with Gasteiger partial charge in [-0.15, -0.1) is 0 Å². The van der Waals surface area contributed by atoms with Gasteiger partial charge in [0.2, 0.25) is 0 Å². The number of nitrogens with one attached hydrogen (secondary N) is 1. The normalized spacial score (nSPS) is 20.7. The smallest absolute Gasteiger partial charge is 0.253 e. The van der Waals surface area contributed by atoms with E-state index in [0.29, 0.717) is 30.8 Å². The van der Waals surface area contributed by atoms with Crippen LogP contribution < -0.4 is 11.1 Å². The number of ether oxygens (including phenoxy) is 1. The van der Waals surface area contributed by atoms with E-state index in [1.165, 1.54) is 6.07 Å². The first-order chi connectivity index (χ1) is 18.1. The quantitative estimate of drug-likeness (QED) is 0.395. The Balaban J connectivity index is 1.49. The molecular weight excluding hydrogens is 481 g/mol. The average Bonchev–Trinajstić information content (AvgIpc) is 3.18. The molecule has 0 spiro atoms. The minimum Gasteiger partial charge on any atom is -0.379 e. The summed E-state index contributed by atoms with van der Waals surface area (Å²) in [6.07, 6.45) is 6.76. The van der Waals surface area contributed by atoms with E-state index in [4.69, 9.17) is 10.5 Å². The summed E-state index contributed by atoms with van der Waals surface area (Å²) in [7, 11) is 0. The Bertz CT molecular complexity index is 1360. The summed E-state index contributed by atoms with van der Waals surface area (Å²) >= 11 is 0. The molecule has 1 aromatic heterocycles. The number of nitrogens with zero attached hydrogens (tertiary/aromatic N) is 1. The minimum atomic E-state index is -0.823. The van der Waals surface area contributed by atoms with Gasteiger partial charge in [-0.2, -0.15) is 0 Å². The number of carbonyl (C=O) groups excluding carboxylic acids is 2. The van der Waals surface area contributed by atoms with Crippen molar-refractivity contribution < 1.29 is 18.7 Å². The van der Waals surface area contributed by atoms with Crippen LogP contribution in [0.3, 0.4) is 0 Å². The van der Waals surface area contributed by atoms with Crippen LogP contribution in [0.25, 0.3) is 5.69 Å². The number of carbonyl (C=O) groups is 2. The molecule has 2 aliphatic carbocycles. The van der Waals surface area contributed by atoms with Gasteiger partial charge in [-0.1, -0.05) is 57.0 Å². The second-order valence-electron chi connectivity index (χ2n) is 11.5. The zero-order valence-corrected chi connectivity index (χ0v) is 22.4. The highest BCUT2D eigenvalue weighted by atomic mass is 19.1. The lowest BCUT2D eigenvalue weighted by Gasteiger charge is -2.33. The summed E-state index contributed by atoms with van der Waals surface area (Å²) in [6.45, 7) is 6.54. The van der Waals surface area contributed by atoms with Crippen molar-refractivity contribution in [3.05, 3.63) is 82.4 Å². The number of hydrogen-bond acceptors (Lipinski definition) is 4. The van der Waals surface area contributed by atoms with Crippen LogP contribution >= 0.6 is 0 Å². The third kappa shape index (κ3) is 5.25. The minimum absolute atomic E-state index is 0.0867. The maximum atomic E-state index is 15.5. The molecule has 200 valence electrons. The molecule has 6 nitrogen and oxygen atoms in total. The number of amides is 1. The van der Waals surface area contributed by atoms with E-state index in [1.807, 2.05) is 48.0 Å². The summed E-state index contributed by atoms with van der Waals surface area (Å²) in [4.78, 5) is 25.3. The lowest BCUT2D eigenvalue weighted by atomic mass is 9.75. The molecule has 1 heterocycles. The Morgan fingerprint density at radius 2 is 1.89 bits per heavy atom. The fourth-order valence-corrected chi connectivity index (χ4v) is 6.04. The summed E-state index contributed by atoms with van der Waals surface area (Å²) in [5, 5.41) is 3.43. The lowest BCUT2D eigenvalue weighted by molar-refractivity contribution is 0.00881. The first-order valence-electron chi connectivity index (χ1n) is 13.4. The van der Waals surface area contributed by atoms with Crippen LogP contribution in [0.4, 0.5) is 10.1 Å². The molecular formula is C31H36FN3O3. The molecule has 2 aromatic carbocycles. The second kappa shape index (κ2) is 10.4. The summed E-state index contributed by atoms with van der Waals surface area (Å²) in [5.41, 5.74) is 9.77. The Labute approximate surface area is 223 Å². The van der Waals surface area contributed by atoms with Gasteiger partial charge in [0, 0.05) is 23.9 Å². The van der Waals surface area contributed by atoms with Crippen molar-refractivity contribution in [1.82, 2.24) is 4.57 Å². The molecule has 5 rings (SSSR count). The molecule has 7 heteroatoms. The van der Waals surface area contributed by atoms with Crippen molar-refractivity contribution in [1.29, 1.82) is 0 Å². The highest BCUT2D eigenvalue weighted by molar-refractivity contribution is 6.01. The predicted octanol–water partition coefficient (Wildman–Crippen LogP) is 6.12. The SMILES string of the molecule is Cc1cn(-c2cc(F)c(C(N)=O)c(N[C@H]3CCCC[C@@H]3OCc3ccccc3)c2)c2c1C(=O)CC(C)(C)C2. The highest BCUT2D eigenvalue weighted by Crippen LogP contribution is 2.39. The number of rotatable bonds is 7. The number of hydrogen-bond donors (Lipinski definition) is 2. The maximum Gasteiger partial charge on any atom is 0.253 e. The van der Waals surface area contributed by atoms with Crippen molar-refractivity contribution in [2.45, 2.75) is 78.0 Å². The average molecular weight is 518 g/mol. The molecule has 0 unspecified atom stereocenters. The molecule has 0 saturated heterocycles. The lowest BCUT2D eigenvalue weighted by Crippen LogP contribution is -2.39. The molecule has 38 heavy (non-hydrogen) atoms. The second-order valence-corrected chi connectivity index (χ2v) is 11.5. The Kier molecular flexibility index (Phi) is 7.14. The molecule has 0 aliphatic heterocycles. The van der Waals surface area contributed by atoms with Gasteiger partial charge < -0.3 is 20.4 Å². The molecule has 1 saturated carbocycles. The van der Waals surface area contributed by atoms with Gasteiger partial charge in [-0.05, 0) is 54.9 Å². The Morgan fingerprint density at radius 1 is 1.16 bits per heavy atom. The van der Waals surface area contributed by atoms with Crippen molar-refractivity contribution in [2.75, 3.05) is 5.32 Å². The molecule has 1 amide bonds. The fourth-order valence-electron chi connectivity index (χ4n) is 6.04. The van der Waals surface area contributed by atoms with Crippen LogP contribution in [0, 0.1) is 18.2 Å². The van der Waals surface area contributed by atoms with Gasteiger partial charge in [-0.25, -0.2) is 4.39 Å². The van der Waals surface area contributed by atoms with Crippen molar-refractivity contribution in [3.63, 3.8) is 0 Å². The van der Waals surface area contributed by atoms with Gasteiger partial charge in [0.05, 0.1) is 35.7 Å². The maximum absolute atomic E-state index is 15.5. The molecule has 3 N–H and O–H groups in total. The molecule has 0 bridgehead atoms. The molecule has 2 aliphatic rings. The van der Waals surface area contributed by atoms with Crippen molar-refractivity contribution >= 4 is 17.4 Å². The standard InChI is InChI=1S/C31H36FN3O3/c1-19-17-35(25-15-31(2,3)16-26(36)28(19)25)21-13-22(32)29(30(33)37)24(14-21)34-23-11-7-8-12-27(23)38-18-20-9-5-4-6-10-20/h4-6,9-10,13-14,17,23,27,34H,7-8,11-12,15-16,18H2,1-3H3,(H2,33,37)/t23-,27-/m0/s1. The Hall–Kier alpha value is -3.45. The summed E-state index contributed by atoms with van der Waals surface area (Å²) in [6, 6.07) is 13.0. The number of aromatic nitrogens is 1. The van der Waals surface area contributed by atoms with Gasteiger partial charge in [0.25, 0.3) is 5.91 Å². The third-order valence-electron chi connectivity index (χ3n) is 7.81. The van der Waals surface area contributed by atoms with E-state index >= 15 is 4.39 Å². The van der Waals surface area contributed by atoms with E-state index in [0.717, 1.165) is 48.1 Å². The number of Topliss-reactive ketones (excluding diaryl/α,β-unsaturated/α-hetero) is 1. The summed E-state index contributed by atoms with van der Waals surface area (Å²) in [5.74, 6) is -1.40. The fraction of sp³-hybridized carbons (Fsp3) is 0.419. The van der Waals surface area contributed by atoms with E-state index < -0.39 is 11.7 Å². The van der Waals surface area contributed by atoms with Gasteiger partial charge in [0.1, 0.15) is 5.82 Å².